The lowest BCUT2D eigenvalue weighted by Crippen LogP contribution is -2.47. The molecule has 1 aliphatic rings. The first kappa shape index (κ1) is 13.5. The summed E-state index contributed by atoms with van der Waals surface area (Å²) < 4.78 is 0. The Morgan fingerprint density at radius 3 is 2.72 bits per heavy atom. The second kappa shape index (κ2) is 5.83. The molecule has 1 saturated heterocycles. The molecule has 2 atom stereocenters. The molecule has 0 aromatic heterocycles. The molecule has 18 heavy (non-hydrogen) atoms. The average Bonchev–Trinajstić information content (AvgIpc) is 2.71. The molecule has 100 valence electrons. The summed E-state index contributed by atoms with van der Waals surface area (Å²) >= 11 is 0. The van der Waals surface area contributed by atoms with Crippen LogP contribution in [0.25, 0.3) is 0 Å². The van der Waals surface area contributed by atoms with Gasteiger partial charge in [0.15, 0.2) is 0 Å². The number of likely N-dealkylation sites (tertiary alicyclic amines) is 1. The molecule has 2 N–H and O–H groups in total. The molecule has 1 aromatic rings. The molecule has 0 saturated carbocycles. The van der Waals surface area contributed by atoms with Crippen LogP contribution in [0.1, 0.15) is 25.3 Å². The van der Waals surface area contributed by atoms with Crippen LogP contribution in [0.5, 0.6) is 0 Å². The molecular formula is C15H23NO2. The quantitative estimate of drug-likeness (QED) is 0.830. The lowest BCUT2D eigenvalue weighted by atomic mass is 9.90. The third-order valence-corrected chi connectivity index (χ3v) is 3.98. The van der Waals surface area contributed by atoms with Gasteiger partial charge in [0.2, 0.25) is 0 Å². The zero-order valence-corrected chi connectivity index (χ0v) is 11.0. The zero-order valence-electron chi connectivity index (χ0n) is 11.0. The molecule has 3 nitrogen and oxygen atoms in total. The predicted octanol–water partition coefficient (Wildman–Crippen LogP) is 1.44. The van der Waals surface area contributed by atoms with E-state index in [0.29, 0.717) is 6.54 Å². The molecular weight excluding hydrogens is 226 g/mol. The highest BCUT2D eigenvalue weighted by molar-refractivity contribution is 5.18. The Morgan fingerprint density at radius 1 is 1.33 bits per heavy atom. The number of benzene rings is 1. The van der Waals surface area contributed by atoms with Crippen LogP contribution in [0.15, 0.2) is 30.3 Å². The van der Waals surface area contributed by atoms with Gasteiger partial charge in [-0.15, -0.1) is 0 Å². The van der Waals surface area contributed by atoms with Crippen molar-refractivity contribution >= 4 is 0 Å². The van der Waals surface area contributed by atoms with E-state index in [1.807, 2.05) is 6.07 Å². The van der Waals surface area contributed by atoms with Crippen molar-refractivity contribution in [3.05, 3.63) is 35.9 Å². The molecule has 2 rings (SSSR count). The number of aliphatic hydroxyl groups is 2. The van der Waals surface area contributed by atoms with Crippen molar-refractivity contribution in [2.24, 2.45) is 0 Å². The van der Waals surface area contributed by atoms with Crippen LogP contribution in [-0.4, -0.2) is 46.5 Å². The number of β-amino-alcohol motifs (C(OH)–C–C–N with tert-alkyl or cyclic N) is 1. The van der Waals surface area contributed by atoms with Gasteiger partial charge in [-0.05, 0) is 38.3 Å². The predicted molar refractivity (Wildman–Crippen MR) is 72.5 cm³/mol. The van der Waals surface area contributed by atoms with Gasteiger partial charge < -0.3 is 10.2 Å². The molecule has 0 bridgehead atoms. The second-order valence-electron chi connectivity index (χ2n) is 5.55. The fourth-order valence-corrected chi connectivity index (χ4v) is 2.94. The van der Waals surface area contributed by atoms with E-state index in [1.54, 1.807) is 0 Å². The maximum Gasteiger partial charge on any atom is 0.0897 e. The first-order valence-corrected chi connectivity index (χ1v) is 6.72. The smallest absolute Gasteiger partial charge is 0.0897 e. The topological polar surface area (TPSA) is 43.7 Å². The summed E-state index contributed by atoms with van der Waals surface area (Å²) in [5.41, 5.74) is 1.45. The summed E-state index contributed by atoms with van der Waals surface area (Å²) in [5, 5.41) is 18.6. The monoisotopic (exact) mass is 249 g/mol. The van der Waals surface area contributed by atoms with E-state index in [-0.39, 0.29) is 12.1 Å². The molecule has 3 heteroatoms. The van der Waals surface area contributed by atoms with Crippen LogP contribution in [-0.2, 0) is 6.42 Å². The van der Waals surface area contributed by atoms with Gasteiger partial charge in [0.1, 0.15) is 0 Å². The van der Waals surface area contributed by atoms with Gasteiger partial charge in [-0.3, -0.25) is 4.90 Å². The third-order valence-electron chi connectivity index (χ3n) is 3.98. The SMILES string of the molecule is CC1(Cc2ccccc2)CCCN1C[C@@H](O)CO. The Balaban J connectivity index is 2.04. The van der Waals surface area contributed by atoms with Crippen LogP contribution >= 0.6 is 0 Å². The molecule has 1 fully saturated rings. The average molecular weight is 249 g/mol. The van der Waals surface area contributed by atoms with Crippen molar-refractivity contribution in [1.29, 1.82) is 0 Å². The number of nitrogens with zero attached hydrogens (tertiary/aromatic N) is 1. The van der Waals surface area contributed by atoms with Gasteiger partial charge in [-0.1, -0.05) is 30.3 Å². The minimum Gasteiger partial charge on any atom is -0.394 e. The summed E-state index contributed by atoms with van der Waals surface area (Å²) in [6.07, 6.45) is 2.70. The molecule has 1 aromatic carbocycles. The van der Waals surface area contributed by atoms with Crippen molar-refractivity contribution in [2.45, 2.75) is 37.8 Å². The number of hydrogen-bond donors (Lipinski definition) is 2. The Morgan fingerprint density at radius 2 is 2.06 bits per heavy atom. The Bertz CT molecular complexity index is 368. The highest BCUT2D eigenvalue weighted by Crippen LogP contribution is 2.32. The van der Waals surface area contributed by atoms with E-state index in [4.69, 9.17) is 5.11 Å². The van der Waals surface area contributed by atoms with Gasteiger partial charge in [0.25, 0.3) is 0 Å². The molecule has 0 spiro atoms. The Hall–Kier alpha value is -0.900. The minimum atomic E-state index is -0.627. The van der Waals surface area contributed by atoms with Crippen LogP contribution in [0.4, 0.5) is 0 Å². The van der Waals surface area contributed by atoms with E-state index in [9.17, 15) is 5.11 Å². The van der Waals surface area contributed by atoms with E-state index in [1.165, 1.54) is 12.0 Å². The lowest BCUT2D eigenvalue weighted by molar-refractivity contribution is 0.0346. The van der Waals surface area contributed by atoms with Gasteiger partial charge in [-0.2, -0.15) is 0 Å². The Labute approximate surface area is 109 Å². The maximum atomic E-state index is 9.62. The normalized spacial score (nSPS) is 26.4. The summed E-state index contributed by atoms with van der Waals surface area (Å²) in [7, 11) is 0. The van der Waals surface area contributed by atoms with Crippen molar-refractivity contribution in [1.82, 2.24) is 4.90 Å². The summed E-state index contributed by atoms with van der Waals surface area (Å²) in [5.74, 6) is 0. The maximum absolute atomic E-state index is 9.62. The van der Waals surface area contributed by atoms with Crippen LogP contribution in [0.2, 0.25) is 0 Å². The van der Waals surface area contributed by atoms with Gasteiger partial charge in [-0.25, -0.2) is 0 Å². The van der Waals surface area contributed by atoms with Crippen molar-refractivity contribution < 1.29 is 10.2 Å². The molecule has 0 amide bonds. The van der Waals surface area contributed by atoms with Crippen molar-refractivity contribution in [2.75, 3.05) is 19.7 Å². The summed E-state index contributed by atoms with van der Waals surface area (Å²) in [6.45, 7) is 3.69. The highest BCUT2D eigenvalue weighted by atomic mass is 16.3. The van der Waals surface area contributed by atoms with E-state index < -0.39 is 6.10 Å². The van der Waals surface area contributed by atoms with Gasteiger partial charge >= 0.3 is 0 Å². The molecule has 0 radical (unpaired) electrons. The fraction of sp³-hybridized carbons (Fsp3) is 0.600. The molecule has 0 aliphatic carbocycles. The fourth-order valence-electron chi connectivity index (χ4n) is 2.94. The van der Waals surface area contributed by atoms with E-state index >= 15 is 0 Å². The number of aliphatic hydroxyl groups excluding tert-OH is 2. The lowest BCUT2D eigenvalue weighted by Gasteiger charge is -2.36. The van der Waals surface area contributed by atoms with Gasteiger partial charge in [0.05, 0.1) is 12.7 Å². The first-order valence-electron chi connectivity index (χ1n) is 6.72. The van der Waals surface area contributed by atoms with Crippen molar-refractivity contribution in [3.8, 4) is 0 Å². The minimum absolute atomic E-state index is 0.109. The largest absolute Gasteiger partial charge is 0.394 e. The van der Waals surface area contributed by atoms with Crippen LogP contribution < -0.4 is 0 Å². The number of rotatable bonds is 5. The summed E-state index contributed by atoms with van der Waals surface area (Å²) in [4.78, 5) is 2.32. The van der Waals surface area contributed by atoms with E-state index in [0.717, 1.165) is 19.4 Å². The molecule has 1 aliphatic heterocycles. The van der Waals surface area contributed by atoms with Crippen LogP contribution in [0.3, 0.4) is 0 Å². The van der Waals surface area contributed by atoms with Crippen molar-refractivity contribution in [3.63, 3.8) is 0 Å². The van der Waals surface area contributed by atoms with E-state index in [2.05, 4.69) is 36.1 Å². The summed E-state index contributed by atoms with van der Waals surface area (Å²) in [6, 6.07) is 10.5. The van der Waals surface area contributed by atoms with Gasteiger partial charge in [0, 0.05) is 12.1 Å². The third kappa shape index (κ3) is 3.10. The molecule has 1 unspecified atom stereocenters. The zero-order chi connectivity index (χ0) is 13.0. The first-order chi connectivity index (χ1) is 8.64. The van der Waals surface area contributed by atoms with Crippen LogP contribution in [0, 0.1) is 0 Å². The number of hydrogen-bond acceptors (Lipinski definition) is 3. The highest BCUT2D eigenvalue weighted by Gasteiger charge is 2.37. The Kier molecular flexibility index (Phi) is 4.38. The standard InChI is InChI=1S/C15H23NO2/c1-15(10-13-6-3-2-4-7-13)8-5-9-16(15)11-14(18)12-17/h2-4,6-7,14,17-18H,5,8-12H2,1H3/t14-,15?/m1/s1. The second-order valence-corrected chi connectivity index (χ2v) is 5.55. The molecule has 1 heterocycles.